The minimum atomic E-state index is -0.156. The molecular weight excluding hydrogens is 450 g/mol. The SMILES string of the molecule is CN1CCN=C1N1CCC(CN2C(=O)CN(C(=O)c3ccc(Cl)cc3)Cc3ccccc32)CC1. The van der Waals surface area contributed by atoms with Gasteiger partial charge in [-0.2, -0.15) is 0 Å². The fourth-order valence-electron chi connectivity index (χ4n) is 5.11. The van der Waals surface area contributed by atoms with E-state index >= 15 is 0 Å². The van der Waals surface area contributed by atoms with E-state index in [0.29, 0.717) is 29.6 Å². The van der Waals surface area contributed by atoms with Crippen molar-refractivity contribution in [3.63, 3.8) is 0 Å². The van der Waals surface area contributed by atoms with Crippen LogP contribution in [0.1, 0.15) is 28.8 Å². The van der Waals surface area contributed by atoms with E-state index in [9.17, 15) is 9.59 Å². The van der Waals surface area contributed by atoms with Gasteiger partial charge in [0.2, 0.25) is 5.91 Å². The Labute approximate surface area is 205 Å². The number of halogens is 1. The number of rotatable bonds is 3. The summed E-state index contributed by atoms with van der Waals surface area (Å²) in [5.41, 5.74) is 2.45. The molecule has 0 aliphatic carbocycles. The van der Waals surface area contributed by atoms with Crippen LogP contribution in [-0.4, -0.2) is 78.8 Å². The maximum Gasteiger partial charge on any atom is 0.254 e. The van der Waals surface area contributed by atoms with Crippen LogP contribution in [0.2, 0.25) is 5.02 Å². The zero-order chi connectivity index (χ0) is 23.7. The molecule has 0 N–H and O–H groups in total. The first kappa shape index (κ1) is 22.7. The van der Waals surface area contributed by atoms with E-state index in [1.54, 1.807) is 29.2 Å². The fraction of sp³-hybridized carbons (Fsp3) is 0.423. The van der Waals surface area contributed by atoms with Crippen LogP contribution in [0.25, 0.3) is 0 Å². The molecule has 5 rings (SSSR count). The van der Waals surface area contributed by atoms with E-state index in [4.69, 9.17) is 11.6 Å². The summed E-state index contributed by atoms with van der Waals surface area (Å²) in [5.74, 6) is 1.33. The Hall–Kier alpha value is -3.06. The minimum absolute atomic E-state index is 0.0328. The smallest absolute Gasteiger partial charge is 0.254 e. The van der Waals surface area contributed by atoms with Gasteiger partial charge >= 0.3 is 0 Å². The maximum absolute atomic E-state index is 13.4. The third-order valence-corrected chi connectivity index (χ3v) is 7.27. The Morgan fingerprint density at radius 1 is 1.03 bits per heavy atom. The summed E-state index contributed by atoms with van der Waals surface area (Å²) in [5, 5.41) is 0.581. The predicted molar refractivity (Wildman–Crippen MR) is 134 cm³/mol. The van der Waals surface area contributed by atoms with Crippen LogP contribution in [0.5, 0.6) is 0 Å². The molecule has 1 saturated heterocycles. The standard InChI is InChI=1S/C26H30ClN5O2/c1-29-15-12-28-26(29)30-13-10-19(11-14-30)16-32-23-5-3-2-4-21(23)17-31(18-24(32)33)25(34)20-6-8-22(27)9-7-20/h2-9,19H,10-18H2,1H3. The number of para-hydroxylation sites is 1. The minimum Gasteiger partial charge on any atom is -0.344 e. The number of anilines is 1. The molecule has 2 aromatic carbocycles. The Morgan fingerprint density at radius 3 is 2.47 bits per heavy atom. The molecule has 34 heavy (non-hydrogen) atoms. The highest BCUT2D eigenvalue weighted by molar-refractivity contribution is 6.30. The highest BCUT2D eigenvalue weighted by atomic mass is 35.5. The lowest BCUT2D eigenvalue weighted by atomic mass is 9.95. The Balaban J connectivity index is 1.30. The Kier molecular flexibility index (Phi) is 6.46. The molecular formula is C26H30ClN5O2. The van der Waals surface area contributed by atoms with Crippen LogP contribution < -0.4 is 4.90 Å². The van der Waals surface area contributed by atoms with Crippen molar-refractivity contribution in [3.8, 4) is 0 Å². The van der Waals surface area contributed by atoms with E-state index in [1.807, 2.05) is 29.2 Å². The lowest BCUT2D eigenvalue weighted by Crippen LogP contribution is -2.47. The van der Waals surface area contributed by atoms with E-state index in [0.717, 1.165) is 56.2 Å². The molecule has 3 aliphatic rings. The monoisotopic (exact) mass is 479 g/mol. The third kappa shape index (κ3) is 4.62. The van der Waals surface area contributed by atoms with Gasteiger partial charge in [0.25, 0.3) is 5.91 Å². The molecule has 0 unspecified atom stereocenters. The molecule has 3 aliphatic heterocycles. The number of fused-ring (bicyclic) bond motifs is 1. The zero-order valence-corrected chi connectivity index (χ0v) is 20.2. The normalized spacial score (nSPS) is 19.2. The van der Waals surface area contributed by atoms with E-state index < -0.39 is 0 Å². The van der Waals surface area contributed by atoms with Gasteiger partial charge in [-0.05, 0) is 54.7 Å². The molecule has 178 valence electrons. The van der Waals surface area contributed by atoms with Gasteiger partial charge in [0.1, 0.15) is 6.54 Å². The molecule has 7 nitrogen and oxygen atoms in total. The maximum atomic E-state index is 13.4. The van der Waals surface area contributed by atoms with E-state index in [1.165, 1.54) is 0 Å². The summed E-state index contributed by atoms with van der Waals surface area (Å²) >= 11 is 5.99. The number of hydrogen-bond donors (Lipinski definition) is 0. The van der Waals surface area contributed by atoms with Crippen molar-refractivity contribution in [2.75, 3.05) is 51.2 Å². The van der Waals surface area contributed by atoms with Gasteiger partial charge in [0.05, 0.1) is 6.54 Å². The average molecular weight is 480 g/mol. The number of guanidine groups is 1. The summed E-state index contributed by atoms with van der Waals surface area (Å²) in [6, 6.07) is 14.8. The summed E-state index contributed by atoms with van der Waals surface area (Å²) in [6.45, 7) is 4.92. The van der Waals surface area contributed by atoms with Crippen LogP contribution in [0.3, 0.4) is 0 Å². The largest absolute Gasteiger partial charge is 0.344 e. The van der Waals surface area contributed by atoms with Gasteiger partial charge in [-0.25, -0.2) is 0 Å². The van der Waals surface area contributed by atoms with Crippen molar-refractivity contribution in [1.29, 1.82) is 0 Å². The second-order valence-corrected chi connectivity index (χ2v) is 9.77. The highest BCUT2D eigenvalue weighted by Gasteiger charge is 2.32. The second-order valence-electron chi connectivity index (χ2n) is 9.33. The van der Waals surface area contributed by atoms with Crippen LogP contribution >= 0.6 is 11.6 Å². The topological polar surface area (TPSA) is 59.5 Å². The highest BCUT2D eigenvalue weighted by Crippen LogP contribution is 2.29. The summed E-state index contributed by atoms with van der Waals surface area (Å²) in [7, 11) is 2.10. The lowest BCUT2D eigenvalue weighted by Gasteiger charge is -2.37. The number of benzene rings is 2. The van der Waals surface area contributed by atoms with Crippen molar-refractivity contribution in [1.82, 2.24) is 14.7 Å². The number of nitrogens with zero attached hydrogens (tertiary/aromatic N) is 5. The van der Waals surface area contributed by atoms with Crippen molar-refractivity contribution < 1.29 is 9.59 Å². The van der Waals surface area contributed by atoms with E-state index in [-0.39, 0.29) is 18.4 Å². The third-order valence-electron chi connectivity index (χ3n) is 7.02. The molecule has 3 heterocycles. The molecule has 0 radical (unpaired) electrons. The number of amides is 2. The van der Waals surface area contributed by atoms with Gasteiger partial charge in [-0.15, -0.1) is 0 Å². The zero-order valence-electron chi connectivity index (χ0n) is 19.5. The number of likely N-dealkylation sites (N-methyl/N-ethyl adjacent to an activating group) is 1. The first-order valence-corrected chi connectivity index (χ1v) is 12.3. The quantitative estimate of drug-likeness (QED) is 0.677. The van der Waals surface area contributed by atoms with E-state index in [2.05, 4.69) is 21.8 Å². The average Bonchev–Trinajstić information content (AvgIpc) is 3.22. The van der Waals surface area contributed by atoms with Gasteiger partial charge in [-0.3, -0.25) is 14.6 Å². The number of piperidine rings is 1. The molecule has 1 fully saturated rings. The van der Waals surface area contributed by atoms with Crippen LogP contribution in [-0.2, 0) is 11.3 Å². The number of hydrogen-bond acceptors (Lipinski definition) is 5. The van der Waals surface area contributed by atoms with Crippen LogP contribution in [0.15, 0.2) is 53.5 Å². The lowest BCUT2D eigenvalue weighted by molar-refractivity contribution is -0.119. The molecule has 0 bridgehead atoms. The molecule has 2 aromatic rings. The molecule has 0 atom stereocenters. The fourth-order valence-corrected chi connectivity index (χ4v) is 5.23. The van der Waals surface area contributed by atoms with Crippen molar-refractivity contribution in [2.45, 2.75) is 19.4 Å². The van der Waals surface area contributed by atoms with Crippen molar-refractivity contribution in [2.24, 2.45) is 10.9 Å². The summed E-state index contributed by atoms with van der Waals surface area (Å²) < 4.78 is 0. The van der Waals surface area contributed by atoms with Gasteiger partial charge < -0.3 is 19.6 Å². The first-order valence-electron chi connectivity index (χ1n) is 11.9. The molecule has 8 heteroatoms. The Morgan fingerprint density at radius 2 is 1.76 bits per heavy atom. The van der Waals surface area contributed by atoms with Gasteiger partial charge in [-0.1, -0.05) is 29.8 Å². The van der Waals surface area contributed by atoms with Gasteiger partial charge in [0, 0.05) is 56.0 Å². The number of carbonyl (C=O) groups excluding carboxylic acids is 2. The van der Waals surface area contributed by atoms with Crippen molar-refractivity contribution >= 4 is 35.1 Å². The van der Waals surface area contributed by atoms with Gasteiger partial charge in [0.15, 0.2) is 5.96 Å². The van der Waals surface area contributed by atoms with Crippen LogP contribution in [0, 0.1) is 5.92 Å². The molecule has 0 spiro atoms. The molecule has 0 saturated carbocycles. The predicted octanol–water partition coefficient (Wildman–Crippen LogP) is 3.34. The number of carbonyl (C=O) groups is 2. The summed E-state index contributed by atoms with van der Waals surface area (Å²) in [4.78, 5) is 39.4. The number of aliphatic imine (C=N–C) groups is 1. The molecule has 0 aromatic heterocycles. The first-order chi connectivity index (χ1) is 16.5. The second kappa shape index (κ2) is 9.66. The van der Waals surface area contributed by atoms with Crippen LogP contribution in [0.4, 0.5) is 5.69 Å². The summed E-state index contributed by atoms with van der Waals surface area (Å²) in [6.07, 6.45) is 2.04. The number of likely N-dealkylation sites (tertiary alicyclic amines) is 1. The molecule has 2 amide bonds. The Bertz CT molecular complexity index is 1090. The van der Waals surface area contributed by atoms with Crippen molar-refractivity contribution in [3.05, 3.63) is 64.7 Å².